The highest BCUT2D eigenvalue weighted by Crippen LogP contribution is 2.27. The van der Waals surface area contributed by atoms with Crippen molar-refractivity contribution < 1.29 is 9.53 Å². The molecule has 2 aromatic carbocycles. The lowest BCUT2D eigenvalue weighted by atomic mass is 10.1. The first kappa shape index (κ1) is 17.9. The molecule has 0 spiro atoms. The Morgan fingerprint density at radius 3 is 2.25 bits per heavy atom. The van der Waals surface area contributed by atoms with Crippen LogP contribution in [0.3, 0.4) is 0 Å². The van der Waals surface area contributed by atoms with Crippen molar-refractivity contribution in [1.29, 1.82) is 0 Å². The fourth-order valence-corrected chi connectivity index (χ4v) is 2.88. The fourth-order valence-electron chi connectivity index (χ4n) is 2.88. The lowest BCUT2D eigenvalue weighted by molar-refractivity contribution is 0.1000. The van der Waals surface area contributed by atoms with E-state index in [1.165, 1.54) is 0 Å². The van der Waals surface area contributed by atoms with Gasteiger partial charge in [0.2, 0.25) is 5.91 Å². The minimum Gasteiger partial charge on any atom is -0.490 e. The summed E-state index contributed by atoms with van der Waals surface area (Å²) in [6.45, 7) is 1.83. The van der Waals surface area contributed by atoms with Gasteiger partial charge in [-0.3, -0.25) is 4.79 Å². The van der Waals surface area contributed by atoms with Crippen molar-refractivity contribution in [3.8, 4) is 5.75 Å². The largest absolute Gasteiger partial charge is 0.490 e. The number of benzene rings is 2. The number of nitrogen functional groups attached to an aromatic ring is 1. The van der Waals surface area contributed by atoms with Crippen molar-refractivity contribution >= 4 is 29.7 Å². The molecule has 1 amide bonds. The summed E-state index contributed by atoms with van der Waals surface area (Å²) in [5.41, 5.74) is 13.7. The average Bonchev–Trinajstić information content (AvgIpc) is 2.57. The minimum absolute atomic E-state index is 0. The number of anilines is 2. The van der Waals surface area contributed by atoms with Crippen LogP contribution in [0.15, 0.2) is 48.5 Å². The normalized spacial score (nSPS) is 14.8. The molecule has 4 N–H and O–H groups in total. The molecular formula is C18H22ClN3O2. The van der Waals surface area contributed by atoms with Gasteiger partial charge in [0, 0.05) is 31.5 Å². The Kier molecular flexibility index (Phi) is 5.93. The average molecular weight is 348 g/mol. The minimum atomic E-state index is -0.426. The molecule has 0 aromatic heterocycles. The molecule has 0 bridgehead atoms. The first-order chi connectivity index (χ1) is 11.1. The van der Waals surface area contributed by atoms with E-state index in [4.69, 9.17) is 16.2 Å². The van der Waals surface area contributed by atoms with Gasteiger partial charge in [0.25, 0.3) is 0 Å². The van der Waals surface area contributed by atoms with Gasteiger partial charge < -0.3 is 21.1 Å². The van der Waals surface area contributed by atoms with Gasteiger partial charge in [-0.05, 0) is 36.4 Å². The summed E-state index contributed by atoms with van der Waals surface area (Å²) >= 11 is 0. The Balaban J connectivity index is 0.00000208. The quantitative estimate of drug-likeness (QED) is 0.833. The van der Waals surface area contributed by atoms with Gasteiger partial charge in [-0.2, -0.15) is 0 Å². The van der Waals surface area contributed by atoms with Gasteiger partial charge >= 0.3 is 0 Å². The number of carbonyl (C=O) groups excluding carboxylic acids is 1. The molecule has 5 nitrogen and oxygen atoms in total. The van der Waals surface area contributed by atoms with Gasteiger partial charge in [0.05, 0.1) is 11.4 Å². The first-order valence-electron chi connectivity index (χ1n) is 7.79. The monoisotopic (exact) mass is 347 g/mol. The van der Waals surface area contributed by atoms with Gasteiger partial charge in [-0.25, -0.2) is 0 Å². The first-order valence-corrected chi connectivity index (χ1v) is 7.79. The number of nitrogens with zero attached hydrogens (tertiary/aromatic N) is 1. The molecule has 1 aliphatic rings. The second-order valence-corrected chi connectivity index (χ2v) is 5.75. The lowest BCUT2D eigenvalue weighted by Crippen LogP contribution is -2.38. The van der Waals surface area contributed by atoms with E-state index in [0.717, 1.165) is 43.1 Å². The second kappa shape index (κ2) is 7.93. The van der Waals surface area contributed by atoms with Crippen LogP contribution < -0.4 is 21.1 Å². The third-order valence-corrected chi connectivity index (χ3v) is 4.16. The summed E-state index contributed by atoms with van der Waals surface area (Å²) in [6, 6.07) is 14.9. The number of nitrogens with two attached hydrogens (primary N) is 2. The molecule has 0 radical (unpaired) electrons. The van der Waals surface area contributed by atoms with Crippen molar-refractivity contribution in [3.05, 3.63) is 54.1 Å². The zero-order valence-electron chi connectivity index (χ0n) is 13.4. The zero-order valence-corrected chi connectivity index (χ0v) is 14.2. The zero-order chi connectivity index (χ0) is 16.2. The number of para-hydroxylation sites is 2. The van der Waals surface area contributed by atoms with E-state index in [0.29, 0.717) is 5.56 Å². The predicted molar refractivity (Wildman–Crippen MR) is 98.9 cm³/mol. The van der Waals surface area contributed by atoms with E-state index >= 15 is 0 Å². The number of piperidine rings is 1. The topological polar surface area (TPSA) is 81.6 Å². The molecule has 0 saturated carbocycles. The molecular weight excluding hydrogens is 326 g/mol. The van der Waals surface area contributed by atoms with Crippen LogP contribution >= 0.6 is 12.4 Å². The highest BCUT2D eigenvalue weighted by Gasteiger charge is 2.21. The molecule has 1 heterocycles. The number of primary amides is 1. The summed E-state index contributed by atoms with van der Waals surface area (Å²) in [5, 5.41) is 0. The molecule has 1 aliphatic heterocycles. The molecule has 2 aromatic rings. The maximum absolute atomic E-state index is 11.1. The maximum Gasteiger partial charge on any atom is 0.248 e. The Morgan fingerprint density at radius 1 is 1.04 bits per heavy atom. The van der Waals surface area contributed by atoms with Crippen molar-refractivity contribution in [2.75, 3.05) is 23.7 Å². The Morgan fingerprint density at radius 2 is 1.67 bits per heavy atom. The Hall–Kier alpha value is -2.40. The number of rotatable bonds is 4. The van der Waals surface area contributed by atoms with Crippen LogP contribution in [0.4, 0.5) is 11.4 Å². The summed E-state index contributed by atoms with van der Waals surface area (Å²) in [6.07, 6.45) is 2.05. The summed E-state index contributed by atoms with van der Waals surface area (Å²) in [5.74, 6) is 0.345. The molecule has 1 saturated heterocycles. The van der Waals surface area contributed by atoms with E-state index in [2.05, 4.69) is 11.0 Å². The van der Waals surface area contributed by atoms with Crippen LogP contribution in [-0.2, 0) is 0 Å². The maximum atomic E-state index is 11.1. The summed E-state index contributed by atoms with van der Waals surface area (Å²) in [7, 11) is 0. The fraction of sp³-hybridized carbons (Fsp3) is 0.278. The van der Waals surface area contributed by atoms with E-state index in [-0.39, 0.29) is 18.5 Å². The molecule has 3 rings (SSSR count). The van der Waals surface area contributed by atoms with Crippen molar-refractivity contribution in [2.45, 2.75) is 18.9 Å². The Labute approximate surface area is 148 Å². The summed E-state index contributed by atoms with van der Waals surface area (Å²) < 4.78 is 5.99. The van der Waals surface area contributed by atoms with Crippen LogP contribution in [0.5, 0.6) is 5.75 Å². The summed E-state index contributed by atoms with van der Waals surface area (Å²) in [4.78, 5) is 13.4. The van der Waals surface area contributed by atoms with E-state index in [1.54, 1.807) is 24.3 Å². The van der Waals surface area contributed by atoms with Crippen LogP contribution in [0, 0.1) is 0 Å². The van der Waals surface area contributed by atoms with Crippen molar-refractivity contribution in [1.82, 2.24) is 0 Å². The number of amides is 1. The van der Waals surface area contributed by atoms with Crippen LogP contribution in [0.2, 0.25) is 0 Å². The van der Waals surface area contributed by atoms with E-state index < -0.39 is 5.91 Å². The molecule has 6 heteroatoms. The standard InChI is InChI=1S/C18H21N3O2.ClH/c19-16-3-1-2-4-17(16)21-11-9-15(10-12-21)23-14-7-5-13(6-8-14)18(20)22;/h1-8,15H,9-12,19H2,(H2,20,22);1H. The van der Waals surface area contributed by atoms with Crippen LogP contribution in [0.1, 0.15) is 23.2 Å². The van der Waals surface area contributed by atoms with E-state index in [9.17, 15) is 4.79 Å². The molecule has 0 atom stereocenters. The number of halogens is 1. The van der Waals surface area contributed by atoms with Gasteiger partial charge in [0.15, 0.2) is 0 Å². The number of hydrogen-bond donors (Lipinski definition) is 2. The Bertz CT molecular complexity index is 683. The number of carbonyl (C=O) groups is 1. The SMILES string of the molecule is Cl.NC(=O)c1ccc(OC2CCN(c3ccccc3N)CC2)cc1. The number of ether oxygens (including phenoxy) is 1. The predicted octanol–water partition coefficient (Wildman–Crippen LogP) is 2.84. The second-order valence-electron chi connectivity index (χ2n) is 5.75. The van der Waals surface area contributed by atoms with Crippen LogP contribution in [-0.4, -0.2) is 25.1 Å². The third kappa shape index (κ3) is 4.11. The van der Waals surface area contributed by atoms with Gasteiger partial charge in [-0.15, -0.1) is 12.4 Å². The van der Waals surface area contributed by atoms with E-state index in [1.807, 2.05) is 18.2 Å². The van der Waals surface area contributed by atoms with Gasteiger partial charge in [-0.1, -0.05) is 12.1 Å². The molecule has 0 unspecified atom stereocenters. The highest BCUT2D eigenvalue weighted by molar-refractivity contribution is 5.92. The van der Waals surface area contributed by atoms with Gasteiger partial charge in [0.1, 0.15) is 11.9 Å². The van der Waals surface area contributed by atoms with Crippen LogP contribution in [0.25, 0.3) is 0 Å². The molecule has 128 valence electrons. The van der Waals surface area contributed by atoms with Crippen molar-refractivity contribution in [2.24, 2.45) is 5.73 Å². The molecule has 24 heavy (non-hydrogen) atoms. The third-order valence-electron chi connectivity index (χ3n) is 4.16. The highest BCUT2D eigenvalue weighted by atomic mass is 35.5. The molecule has 0 aliphatic carbocycles. The molecule has 1 fully saturated rings. The number of hydrogen-bond acceptors (Lipinski definition) is 4. The van der Waals surface area contributed by atoms with Crippen molar-refractivity contribution in [3.63, 3.8) is 0 Å². The lowest BCUT2D eigenvalue weighted by Gasteiger charge is -2.34. The smallest absolute Gasteiger partial charge is 0.248 e.